The van der Waals surface area contributed by atoms with Crippen molar-refractivity contribution in [2.24, 2.45) is 0 Å². The molecule has 0 N–H and O–H groups in total. The van der Waals surface area contributed by atoms with Gasteiger partial charge in [0.05, 0.1) is 0 Å². The number of fused-ring (bicyclic) bond motifs is 1. The Balaban J connectivity index is 2.61. The van der Waals surface area contributed by atoms with Crippen molar-refractivity contribution >= 4 is 11.6 Å². The van der Waals surface area contributed by atoms with E-state index >= 15 is 0 Å². The molecule has 0 radical (unpaired) electrons. The van der Waals surface area contributed by atoms with Crippen LogP contribution in [0.1, 0.15) is 16.7 Å². The molecule has 3 rings (SSSR count). The predicted octanol–water partition coefficient (Wildman–Crippen LogP) is 2.10. The molecular formula is C9H6. The van der Waals surface area contributed by atoms with Crippen molar-refractivity contribution in [3.63, 3.8) is 0 Å². The maximum Gasteiger partial charge on any atom is -0.00135 e. The molecule has 0 heterocycles. The van der Waals surface area contributed by atoms with Crippen molar-refractivity contribution in [1.82, 2.24) is 0 Å². The van der Waals surface area contributed by atoms with E-state index in [1.807, 2.05) is 0 Å². The minimum absolute atomic E-state index is 1.21. The molecule has 0 spiro atoms. The van der Waals surface area contributed by atoms with Crippen molar-refractivity contribution in [3.8, 4) is 0 Å². The van der Waals surface area contributed by atoms with E-state index in [0.29, 0.717) is 0 Å². The standard InChI is InChI=1S/C9H6/c1-2-7-5-8-3-6(1)4-9(7)8/h1-4H,5H2. The molecule has 0 nitrogen and oxygen atoms in total. The fourth-order valence-corrected chi connectivity index (χ4v) is 1.66. The van der Waals surface area contributed by atoms with E-state index < -0.39 is 0 Å². The van der Waals surface area contributed by atoms with Crippen molar-refractivity contribution in [3.05, 3.63) is 34.9 Å². The topological polar surface area (TPSA) is 0 Å². The summed E-state index contributed by atoms with van der Waals surface area (Å²) in [5.41, 5.74) is 5.97. The van der Waals surface area contributed by atoms with Crippen molar-refractivity contribution in [2.75, 3.05) is 0 Å². The Kier molecular flexibility index (Phi) is 0.419. The van der Waals surface area contributed by atoms with Crippen LogP contribution in [0.25, 0.3) is 11.6 Å². The highest BCUT2D eigenvalue weighted by molar-refractivity contribution is 5.95. The van der Waals surface area contributed by atoms with Crippen LogP contribution in [-0.4, -0.2) is 0 Å². The highest BCUT2D eigenvalue weighted by atomic mass is 14.3. The lowest BCUT2D eigenvalue weighted by Crippen LogP contribution is -2.01. The number of benzene rings is 1. The molecule has 1 aromatic rings. The van der Waals surface area contributed by atoms with Gasteiger partial charge < -0.3 is 0 Å². The number of hydrogen-bond donors (Lipinski definition) is 0. The van der Waals surface area contributed by atoms with Crippen LogP contribution in [0.5, 0.6) is 0 Å². The average Bonchev–Trinajstić information content (AvgIpc) is 2.04. The Bertz CT molecular complexity index is 319. The van der Waals surface area contributed by atoms with Gasteiger partial charge >= 0.3 is 0 Å². The normalized spacial score (nSPS) is 17.1. The maximum absolute atomic E-state index is 2.28. The molecule has 0 amide bonds. The second kappa shape index (κ2) is 0.971. The molecule has 0 aromatic heterocycles. The first-order valence-corrected chi connectivity index (χ1v) is 3.27. The zero-order valence-corrected chi connectivity index (χ0v) is 5.02. The van der Waals surface area contributed by atoms with Gasteiger partial charge in [-0.3, -0.25) is 0 Å². The van der Waals surface area contributed by atoms with E-state index in [9.17, 15) is 0 Å². The van der Waals surface area contributed by atoms with Gasteiger partial charge in [-0.05, 0) is 34.8 Å². The van der Waals surface area contributed by atoms with Gasteiger partial charge in [0.15, 0.2) is 0 Å². The summed E-state index contributed by atoms with van der Waals surface area (Å²) in [6, 6.07) is 6.70. The molecule has 42 valence electrons. The number of allylic oxidation sites excluding steroid dienone is 1. The van der Waals surface area contributed by atoms with Gasteiger partial charge in [0.25, 0.3) is 0 Å². The minimum atomic E-state index is 1.21. The van der Waals surface area contributed by atoms with Crippen molar-refractivity contribution in [1.29, 1.82) is 0 Å². The molecule has 2 bridgehead atoms. The molecule has 0 unspecified atom stereocenters. The molecule has 0 fully saturated rings. The van der Waals surface area contributed by atoms with E-state index in [1.54, 1.807) is 5.57 Å². The molecule has 0 saturated carbocycles. The minimum Gasteiger partial charge on any atom is -0.0575 e. The summed E-state index contributed by atoms with van der Waals surface area (Å²) in [5.74, 6) is 0. The SMILES string of the molecule is C1=C2Cc3ccc1cc32. The van der Waals surface area contributed by atoms with Crippen LogP contribution in [0.2, 0.25) is 0 Å². The van der Waals surface area contributed by atoms with Gasteiger partial charge in [0.2, 0.25) is 0 Å². The van der Waals surface area contributed by atoms with Crippen LogP contribution in [0.15, 0.2) is 18.2 Å². The van der Waals surface area contributed by atoms with Gasteiger partial charge in [0.1, 0.15) is 0 Å². The zero-order valence-electron chi connectivity index (χ0n) is 5.02. The van der Waals surface area contributed by atoms with Crippen molar-refractivity contribution in [2.45, 2.75) is 6.42 Å². The molecule has 9 heavy (non-hydrogen) atoms. The molecule has 1 aromatic carbocycles. The van der Waals surface area contributed by atoms with Gasteiger partial charge in [-0.25, -0.2) is 0 Å². The van der Waals surface area contributed by atoms with E-state index in [1.165, 1.54) is 23.1 Å². The smallest absolute Gasteiger partial charge is 0.00135 e. The van der Waals surface area contributed by atoms with Crippen molar-refractivity contribution < 1.29 is 0 Å². The van der Waals surface area contributed by atoms with Crippen LogP contribution < -0.4 is 0 Å². The lowest BCUT2D eigenvalue weighted by molar-refractivity contribution is 1.19. The first-order valence-electron chi connectivity index (χ1n) is 3.27. The number of rotatable bonds is 0. The van der Waals surface area contributed by atoms with Gasteiger partial charge in [-0.1, -0.05) is 18.2 Å². The lowest BCUT2D eigenvalue weighted by Gasteiger charge is -2.17. The summed E-state index contributed by atoms with van der Waals surface area (Å²) in [5, 5.41) is 0. The van der Waals surface area contributed by atoms with Gasteiger partial charge in [-0.15, -0.1) is 0 Å². The first-order chi connectivity index (χ1) is 4.43. The second-order valence-electron chi connectivity index (χ2n) is 2.76. The summed E-state index contributed by atoms with van der Waals surface area (Å²) in [4.78, 5) is 0. The molecule has 0 atom stereocenters. The van der Waals surface area contributed by atoms with Crippen LogP contribution in [0.3, 0.4) is 0 Å². The Morgan fingerprint density at radius 3 is 3.11 bits per heavy atom. The fourth-order valence-electron chi connectivity index (χ4n) is 1.66. The molecule has 2 aliphatic carbocycles. The highest BCUT2D eigenvalue weighted by Crippen LogP contribution is 2.40. The Labute approximate surface area is 53.8 Å². The summed E-state index contributed by atoms with van der Waals surface area (Å²) < 4.78 is 0. The first kappa shape index (κ1) is 3.89. The molecular weight excluding hydrogens is 108 g/mol. The van der Waals surface area contributed by atoms with E-state index in [2.05, 4.69) is 24.3 Å². The monoisotopic (exact) mass is 114 g/mol. The summed E-state index contributed by atoms with van der Waals surface area (Å²) in [6.45, 7) is 0. The van der Waals surface area contributed by atoms with Crippen LogP contribution >= 0.6 is 0 Å². The fraction of sp³-hybridized carbons (Fsp3) is 0.111. The van der Waals surface area contributed by atoms with E-state index in [0.717, 1.165) is 0 Å². The Morgan fingerprint density at radius 1 is 1.22 bits per heavy atom. The van der Waals surface area contributed by atoms with Crippen LogP contribution in [0.4, 0.5) is 0 Å². The van der Waals surface area contributed by atoms with E-state index in [-0.39, 0.29) is 0 Å². The molecule has 2 aliphatic rings. The largest absolute Gasteiger partial charge is 0.0575 e. The highest BCUT2D eigenvalue weighted by Gasteiger charge is 2.22. The number of hydrogen-bond acceptors (Lipinski definition) is 0. The lowest BCUT2D eigenvalue weighted by atomic mass is 9.87. The molecule has 0 aliphatic heterocycles. The third kappa shape index (κ3) is 0.298. The third-order valence-electron chi connectivity index (χ3n) is 2.20. The van der Waals surface area contributed by atoms with Gasteiger partial charge in [-0.2, -0.15) is 0 Å². The second-order valence-corrected chi connectivity index (χ2v) is 2.76. The van der Waals surface area contributed by atoms with Gasteiger partial charge in [0, 0.05) is 0 Å². The van der Waals surface area contributed by atoms with Crippen LogP contribution in [-0.2, 0) is 6.42 Å². The molecule has 0 saturated heterocycles. The van der Waals surface area contributed by atoms with Crippen LogP contribution in [0, 0.1) is 0 Å². The Morgan fingerprint density at radius 2 is 2.22 bits per heavy atom. The summed E-state index contributed by atoms with van der Waals surface area (Å²) >= 11 is 0. The average molecular weight is 114 g/mol. The zero-order chi connectivity index (χ0) is 5.84. The molecule has 0 heteroatoms. The summed E-state index contributed by atoms with van der Waals surface area (Å²) in [6.07, 6.45) is 3.49. The maximum atomic E-state index is 2.28. The third-order valence-corrected chi connectivity index (χ3v) is 2.20. The quantitative estimate of drug-likeness (QED) is 0.484. The Hall–Kier alpha value is -1.04. The van der Waals surface area contributed by atoms with E-state index in [4.69, 9.17) is 0 Å². The summed E-state index contributed by atoms with van der Waals surface area (Å²) in [7, 11) is 0. The predicted molar refractivity (Wildman–Crippen MR) is 38.0 cm³/mol.